The van der Waals surface area contributed by atoms with Crippen LogP contribution in [0.3, 0.4) is 0 Å². The normalized spacial score (nSPS) is 13.7. The van der Waals surface area contributed by atoms with Crippen LogP contribution in [0.25, 0.3) is 0 Å². The van der Waals surface area contributed by atoms with Gasteiger partial charge >= 0.3 is 13.6 Å². The fourth-order valence-electron chi connectivity index (χ4n) is 3.28. The Balaban J connectivity index is 2.29. The molecular weight excluding hydrogens is 413 g/mol. The average Bonchev–Trinajstić information content (AvgIpc) is 2.76. The molecule has 0 fully saturated rings. The molecule has 0 aliphatic rings. The molecule has 0 amide bonds. The number of carbonyl (C=O) groups excluding carboxylic acids is 1. The lowest BCUT2D eigenvalue weighted by molar-refractivity contribution is -0.148. The minimum absolute atomic E-state index is 0.181. The number of rotatable bonds is 13. The number of hydrogen-bond donors (Lipinski definition) is 1. The van der Waals surface area contributed by atoms with Crippen molar-refractivity contribution in [1.29, 1.82) is 0 Å². The molecule has 31 heavy (non-hydrogen) atoms. The Labute approximate surface area is 185 Å². The smallest absolute Gasteiger partial charge is 0.351 e. The van der Waals surface area contributed by atoms with E-state index in [0.717, 1.165) is 11.1 Å². The summed E-state index contributed by atoms with van der Waals surface area (Å²) in [6, 6.07) is 18.2. The average molecular weight is 448 g/mol. The van der Waals surface area contributed by atoms with Crippen LogP contribution in [0.4, 0.5) is 0 Å². The van der Waals surface area contributed by atoms with Crippen molar-refractivity contribution in [3.63, 3.8) is 0 Å². The molecule has 7 heteroatoms. The first-order valence-electron chi connectivity index (χ1n) is 10.8. The first-order chi connectivity index (χ1) is 14.9. The van der Waals surface area contributed by atoms with Crippen LogP contribution in [0, 0.1) is 5.92 Å². The SMILES string of the molecule is CCOP(=O)(OCC)C(N[C@H](CC(C)C)C(=O)OCc1ccccc1)c1ccccc1. The van der Waals surface area contributed by atoms with Gasteiger partial charge in [-0.25, -0.2) is 0 Å². The second-order valence-electron chi connectivity index (χ2n) is 7.63. The maximum Gasteiger partial charge on any atom is 0.351 e. The third-order valence-electron chi connectivity index (χ3n) is 4.62. The van der Waals surface area contributed by atoms with Crippen LogP contribution in [-0.4, -0.2) is 25.2 Å². The summed E-state index contributed by atoms with van der Waals surface area (Å²) in [6.45, 7) is 8.25. The zero-order chi connectivity index (χ0) is 22.7. The standard InChI is InChI=1S/C24H34NO5P/c1-5-29-31(27,30-6-2)23(21-15-11-8-12-16-21)25-22(17-19(3)4)24(26)28-18-20-13-9-7-10-14-20/h7-16,19,22-23,25H,5-6,17-18H2,1-4H3/t22-,23?/m1/s1. The van der Waals surface area contributed by atoms with E-state index < -0.39 is 25.4 Å². The van der Waals surface area contributed by atoms with E-state index in [-0.39, 0.29) is 25.7 Å². The number of carbonyl (C=O) groups is 1. The lowest BCUT2D eigenvalue weighted by atomic mass is 10.0. The molecule has 0 bridgehead atoms. The van der Waals surface area contributed by atoms with Crippen LogP contribution in [0.5, 0.6) is 0 Å². The maximum absolute atomic E-state index is 13.7. The van der Waals surface area contributed by atoms with E-state index in [4.69, 9.17) is 13.8 Å². The zero-order valence-electron chi connectivity index (χ0n) is 18.8. The Morgan fingerprint density at radius 3 is 2.00 bits per heavy atom. The maximum atomic E-state index is 13.7. The summed E-state index contributed by atoms with van der Waals surface area (Å²) in [4.78, 5) is 13.0. The minimum atomic E-state index is -3.58. The second-order valence-corrected chi connectivity index (χ2v) is 9.74. The van der Waals surface area contributed by atoms with Crippen molar-refractivity contribution >= 4 is 13.6 Å². The summed E-state index contributed by atoms with van der Waals surface area (Å²) in [5.41, 5.74) is 1.64. The van der Waals surface area contributed by atoms with Gasteiger partial charge in [-0.1, -0.05) is 74.5 Å². The topological polar surface area (TPSA) is 73.9 Å². The summed E-state index contributed by atoms with van der Waals surface area (Å²) in [6.07, 6.45) is 0.523. The molecule has 0 radical (unpaired) electrons. The molecule has 6 nitrogen and oxygen atoms in total. The van der Waals surface area contributed by atoms with E-state index in [1.165, 1.54) is 0 Å². The molecule has 0 aromatic heterocycles. The summed E-state index contributed by atoms with van der Waals surface area (Å²) in [5, 5.41) is 3.26. The van der Waals surface area contributed by atoms with Gasteiger partial charge in [0.15, 0.2) is 0 Å². The van der Waals surface area contributed by atoms with Gasteiger partial charge in [0.1, 0.15) is 18.4 Å². The van der Waals surface area contributed by atoms with Gasteiger partial charge in [-0.05, 0) is 37.3 Å². The number of benzene rings is 2. The van der Waals surface area contributed by atoms with E-state index in [1.807, 2.05) is 74.5 Å². The highest BCUT2D eigenvalue weighted by atomic mass is 31.2. The first-order valence-corrected chi connectivity index (χ1v) is 12.4. The minimum Gasteiger partial charge on any atom is -0.460 e. The van der Waals surface area contributed by atoms with E-state index in [1.54, 1.807) is 13.8 Å². The molecule has 1 N–H and O–H groups in total. The van der Waals surface area contributed by atoms with Crippen molar-refractivity contribution in [2.24, 2.45) is 5.92 Å². The number of esters is 1. The summed E-state index contributed by atoms with van der Waals surface area (Å²) >= 11 is 0. The predicted molar refractivity (Wildman–Crippen MR) is 123 cm³/mol. The van der Waals surface area contributed by atoms with E-state index in [0.29, 0.717) is 6.42 Å². The van der Waals surface area contributed by atoms with Crippen LogP contribution in [0.2, 0.25) is 0 Å². The van der Waals surface area contributed by atoms with Gasteiger partial charge in [0, 0.05) is 0 Å². The molecule has 0 heterocycles. The van der Waals surface area contributed by atoms with Crippen molar-refractivity contribution in [2.45, 2.75) is 52.5 Å². The van der Waals surface area contributed by atoms with Crippen molar-refractivity contribution in [2.75, 3.05) is 13.2 Å². The van der Waals surface area contributed by atoms with E-state index in [2.05, 4.69) is 5.32 Å². The van der Waals surface area contributed by atoms with Crippen LogP contribution in [0.1, 0.15) is 51.0 Å². The molecule has 170 valence electrons. The molecular formula is C24H34NO5P. The van der Waals surface area contributed by atoms with Crippen LogP contribution >= 0.6 is 7.60 Å². The van der Waals surface area contributed by atoms with Crippen molar-refractivity contribution in [3.05, 3.63) is 71.8 Å². The monoisotopic (exact) mass is 447 g/mol. The summed E-state index contributed by atoms with van der Waals surface area (Å²) < 4.78 is 30.5. The molecule has 0 spiro atoms. The van der Waals surface area contributed by atoms with Crippen LogP contribution < -0.4 is 5.32 Å². The molecule has 0 aliphatic carbocycles. The Morgan fingerprint density at radius 2 is 1.48 bits per heavy atom. The molecule has 2 aromatic carbocycles. The number of nitrogens with one attached hydrogen (secondary N) is 1. The highest BCUT2D eigenvalue weighted by molar-refractivity contribution is 7.54. The summed E-state index contributed by atoms with van der Waals surface area (Å²) in [5.74, 6) is -0.962. The highest BCUT2D eigenvalue weighted by Gasteiger charge is 2.40. The van der Waals surface area contributed by atoms with Crippen molar-refractivity contribution in [1.82, 2.24) is 5.32 Å². The third-order valence-corrected chi connectivity index (χ3v) is 6.94. The molecule has 0 saturated carbocycles. The van der Waals surface area contributed by atoms with Gasteiger partial charge in [0.2, 0.25) is 0 Å². The Hall–Kier alpha value is -1.98. The Bertz CT molecular complexity index is 818. The molecule has 0 aliphatic heterocycles. The molecule has 2 atom stereocenters. The highest BCUT2D eigenvalue weighted by Crippen LogP contribution is 2.59. The lowest BCUT2D eigenvalue weighted by Gasteiger charge is -2.31. The van der Waals surface area contributed by atoms with Gasteiger partial charge < -0.3 is 13.8 Å². The fourth-order valence-corrected chi connectivity index (χ4v) is 5.27. The second kappa shape index (κ2) is 12.8. The molecule has 2 aromatic rings. The van der Waals surface area contributed by atoms with Gasteiger partial charge in [0.05, 0.1) is 13.2 Å². The van der Waals surface area contributed by atoms with Gasteiger partial charge in [-0.2, -0.15) is 0 Å². The van der Waals surface area contributed by atoms with E-state index in [9.17, 15) is 9.36 Å². The largest absolute Gasteiger partial charge is 0.460 e. The number of hydrogen-bond acceptors (Lipinski definition) is 6. The van der Waals surface area contributed by atoms with Crippen molar-refractivity contribution in [3.8, 4) is 0 Å². The first kappa shape index (κ1) is 25.3. The van der Waals surface area contributed by atoms with Gasteiger partial charge in [-0.15, -0.1) is 0 Å². The Kier molecular flexibility index (Phi) is 10.4. The lowest BCUT2D eigenvalue weighted by Crippen LogP contribution is -2.41. The summed E-state index contributed by atoms with van der Waals surface area (Å²) in [7, 11) is -3.58. The zero-order valence-corrected chi connectivity index (χ0v) is 19.7. The van der Waals surface area contributed by atoms with Crippen molar-refractivity contribution < 1.29 is 23.1 Å². The molecule has 2 rings (SSSR count). The van der Waals surface area contributed by atoms with Crippen LogP contribution in [0.15, 0.2) is 60.7 Å². The third kappa shape index (κ3) is 7.89. The molecule has 0 saturated heterocycles. The number of ether oxygens (including phenoxy) is 1. The quantitative estimate of drug-likeness (QED) is 0.314. The van der Waals surface area contributed by atoms with E-state index >= 15 is 0 Å². The van der Waals surface area contributed by atoms with Gasteiger partial charge in [0.25, 0.3) is 0 Å². The fraction of sp³-hybridized carbons (Fsp3) is 0.458. The van der Waals surface area contributed by atoms with Crippen LogP contribution in [-0.2, 0) is 29.8 Å². The predicted octanol–water partition coefficient (Wildman–Crippen LogP) is 5.70. The molecule has 1 unspecified atom stereocenters. The van der Waals surface area contributed by atoms with Gasteiger partial charge in [-0.3, -0.25) is 14.7 Å². The Morgan fingerprint density at radius 1 is 0.935 bits per heavy atom.